The van der Waals surface area contributed by atoms with Gasteiger partial charge in [0, 0.05) is 32.4 Å². The predicted molar refractivity (Wildman–Crippen MR) is 71.3 cm³/mol. The maximum absolute atomic E-state index is 12.0. The zero-order chi connectivity index (χ0) is 13.4. The summed E-state index contributed by atoms with van der Waals surface area (Å²) in [5, 5.41) is 15.0. The summed E-state index contributed by atoms with van der Waals surface area (Å²) < 4.78 is 0. The highest BCUT2D eigenvalue weighted by Crippen LogP contribution is 2.07. The van der Waals surface area contributed by atoms with Crippen LogP contribution in [0, 0.1) is 0 Å². The molecular weight excluding hydrogens is 230 g/mol. The number of hydrogen-bond acceptors (Lipinski definition) is 4. The van der Waals surface area contributed by atoms with Crippen molar-refractivity contribution >= 4 is 5.91 Å². The lowest BCUT2D eigenvalue weighted by molar-refractivity contribution is 0.0767. The van der Waals surface area contributed by atoms with Crippen molar-refractivity contribution in [1.82, 2.24) is 15.5 Å². The molecular formula is C13H21N3O2. The summed E-state index contributed by atoms with van der Waals surface area (Å²) in [4.78, 5) is 13.5. The fourth-order valence-corrected chi connectivity index (χ4v) is 1.62. The van der Waals surface area contributed by atoms with Gasteiger partial charge in [0.15, 0.2) is 0 Å². The van der Waals surface area contributed by atoms with Crippen LogP contribution in [0.15, 0.2) is 24.3 Å². The summed E-state index contributed by atoms with van der Waals surface area (Å²) in [6.07, 6.45) is 0. The smallest absolute Gasteiger partial charge is 0.253 e. The van der Waals surface area contributed by atoms with Gasteiger partial charge in [0.05, 0.1) is 6.61 Å². The lowest BCUT2D eigenvalue weighted by atomic mass is 10.1. The molecule has 0 unspecified atom stereocenters. The topological polar surface area (TPSA) is 64.6 Å². The molecule has 18 heavy (non-hydrogen) atoms. The summed E-state index contributed by atoms with van der Waals surface area (Å²) in [7, 11) is 3.56. The molecule has 0 aliphatic rings. The Hall–Kier alpha value is -1.43. The molecule has 0 aliphatic carbocycles. The van der Waals surface area contributed by atoms with Crippen molar-refractivity contribution in [3.8, 4) is 0 Å². The van der Waals surface area contributed by atoms with Crippen LogP contribution in [0.2, 0.25) is 0 Å². The average Bonchev–Trinajstić information content (AvgIpc) is 2.39. The van der Waals surface area contributed by atoms with Gasteiger partial charge in [0.1, 0.15) is 0 Å². The van der Waals surface area contributed by atoms with Gasteiger partial charge in [-0.1, -0.05) is 12.1 Å². The third kappa shape index (κ3) is 4.44. The van der Waals surface area contributed by atoms with Crippen molar-refractivity contribution in [1.29, 1.82) is 0 Å². The van der Waals surface area contributed by atoms with Crippen LogP contribution in [-0.2, 0) is 6.54 Å². The van der Waals surface area contributed by atoms with Gasteiger partial charge in [-0.25, -0.2) is 0 Å². The van der Waals surface area contributed by atoms with Crippen LogP contribution in [-0.4, -0.2) is 49.8 Å². The number of nitrogens with one attached hydrogen (secondary N) is 2. The summed E-state index contributed by atoms with van der Waals surface area (Å²) >= 11 is 0. The van der Waals surface area contributed by atoms with Gasteiger partial charge in [-0.3, -0.25) is 4.79 Å². The van der Waals surface area contributed by atoms with E-state index in [-0.39, 0.29) is 12.5 Å². The highest BCUT2D eigenvalue weighted by Gasteiger charge is 2.10. The third-order valence-corrected chi connectivity index (χ3v) is 2.59. The largest absolute Gasteiger partial charge is 0.395 e. The van der Waals surface area contributed by atoms with E-state index < -0.39 is 0 Å². The molecule has 0 fully saturated rings. The number of aliphatic hydroxyl groups is 1. The molecule has 1 aromatic carbocycles. The van der Waals surface area contributed by atoms with Crippen LogP contribution < -0.4 is 10.6 Å². The monoisotopic (exact) mass is 251 g/mol. The van der Waals surface area contributed by atoms with Gasteiger partial charge in [-0.05, 0) is 24.7 Å². The highest BCUT2D eigenvalue weighted by molar-refractivity contribution is 5.94. The van der Waals surface area contributed by atoms with E-state index in [9.17, 15) is 4.79 Å². The predicted octanol–water partition coefficient (Wildman–Crippen LogP) is 0.0174. The average molecular weight is 251 g/mol. The summed E-state index contributed by atoms with van der Waals surface area (Å²) in [6.45, 7) is 1.76. The molecule has 0 saturated heterocycles. The second-order valence-electron chi connectivity index (χ2n) is 4.11. The second kappa shape index (κ2) is 7.81. The standard InChI is InChI=1S/C13H21N3O2/c1-14-10-15-9-11-4-3-5-12(8-11)13(18)16(2)6-7-17/h3-5,8,14-15,17H,6-7,9-10H2,1-2H3. The zero-order valence-corrected chi connectivity index (χ0v) is 10.9. The first-order valence-corrected chi connectivity index (χ1v) is 5.99. The van der Waals surface area contributed by atoms with Crippen molar-refractivity contribution in [2.24, 2.45) is 0 Å². The molecule has 0 aromatic heterocycles. The third-order valence-electron chi connectivity index (χ3n) is 2.59. The van der Waals surface area contributed by atoms with Gasteiger partial charge in [0.2, 0.25) is 0 Å². The first kappa shape index (κ1) is 14.6. The van der Waals surface area contributed by atoms with E-state index in [1.807, 2.05) is 25.2 Å². The van der Waals surface area contributed by atoms with E-state index in [4.69, 9.17) is 5.11 Å². The normalized spacial score (nSPS) is 10.4. The summed E-state index contributed by atoms with van der Waals surface area (Å²) in [5.41, 5.74) is 1.71. The molecule has 5 heteroatoms. The maximum Gasteiger partial charge on any atom is 0.253 e. The molecule has 0 aliphatic heterocycles. The Kier molecular flexibility index (Phi) is 6.35. The molecule has 0 spiro atoms. The molecule has 0 atom stereocenters. The van der Waals surface area contributed by atoms with Gasteiger partial charge in [0.25, 0.3) is 5.91 Å². The van der Waals surface area contributed by atoms with E-state index in [0.29, 0.717) is 18.7 Å². The van der Waals surface area contributed by atoms with Crippen LogP contribution >= 0.6 is 0 Å². The number of amides is 1. The van der Waals surface area contributed by atoms with E-state index in [2.05, 4.69) is 10.6 Å². The number of carbonyl (C=O) groups excluding carboxylic acids is 1. The zero-order valence-electron chi connectivity index (χ0n) is 10.9. The lowest BCUT2D eigenvalue weighted by Crippen LogP contribution is -2.29. The Morgan fingerprint density at radius 2 is 2.22 bits per heavy atom. The van der Waals surface area contributed by atoms with Crippen LogP contribution in [0.25, 0.3) is 0 Å². The Bertz CT molecular complexity index is 382. The maximum atomic E-state index is 12.0. The van der Waals surface area contributed by atoms with E-state index in [0.717, 1.165) is 12.2 Å². The minimum atomic E-state index is -0.0699. The van der Waals surface area contributed by atoms with Crippen molar-refractivity contribution in [2.45, 2.75) is 6.54 Å². The first-order valence-electron chi connectivity index (χ1n) is 5.99. The fourth-order valence-electron chi connectivity index (χ4n) is 1.62. The lowest BCUT2D eigenvalue weighted by Gasteiger charge is -2.16. The van der Waals surface area contributed by atoms with Crippen molar-refractivity contribution in [3.63, 3.8) is 0 Å². The molecule has 0 heterocycles. The van der Waals surface area contributed by atoms with Gasteiger partial charge >= 0.3 is 0 Å². The van der Waals surface area contributed by atoms with Crippen LogP contribution in [0.3, 0.4) is 0 Å². The molecule has 1 aromatic rings. The second-order valence-corrected chi connectivity index (χ2v) is 4.11. The van der Waals surface area contributed by atoms with E-state index >= 15 is 0 Å². The number of rotatable bonds is 7. The molecule has 1 rings (SSSR count). The van der Waals surface area contributed by atoms with E-state index in [1.165, 1.54) is 4.90 Å². The number of benzene rings is 1. The number of likely N-dealkylation sites (N-methyl/N-ethyl adjacent to an activating group) is 1. The molecule has 5 nitrogen and oxygen atoms in total. The Morgan fingerprint density at radius 1 is 1.44 bits per heavy atom. The molecule has 0 saturated carbocycles. The van der Waals surface area contributed by atoms with Gasteiger partial charge < -0.3 is 20.6 Å². The summed E-state index contributed by atoms with van der Waals surface area (Å²) in [5.74, 6) is -0.0699. The Morgan fingerprint density at radius 3 is 2.89 bits per heavy atom. The van der Waals surface area contributed by atoms with Crippen LogP contribution in [0.5, 0.6) is 0 Å². The van der Waals surface area contributed by atoms with Gasteiger partial charge in [-0.15, -0.1) is 0 Å². The first-order chi connectivity index (χ1) is 8.69. The highest BCUT2D eigenvalue weighted by atomic mass is 16.3. The Labute approximate surface area is 108 Å². The Balaban J connectivity index is 2.66. The molecule has 0 radical (unpaired) electrons. The molecule has 1 amide bonds. The fraction of sp³-hybridized carbons (Fsp3) is 0.462. The summed E-state index contributed by atoms with van der Waals surface area (Å²) in [6, 6.07) is 7.51. The van der Waals surface area contributed by atoms with Gasteiger partial charge in [-0.2, -0.15) is 0 Å². The SMILES string of the molecule is CNCNCc1cccc(C(=O)N(C)CCO)c1. The molecule has 0 bridgehead atoms. The van der Waals surface area contributed by atoms with E-state index in [1.54, 1.807) is 13.1 Å². The van der Waals surface area contributed by atoms with Crippen LogP contribution in [0.1, 0.15) is 15.9 Å². The minimum Gasteiger partial charge on any atom is -0.395 e. The van der Waals surface area contributed by atoms with Crippen LogP contribution in [0.4, 0.5) is 0 Å². The molecule has 3 N–H and O–H groups in total. The number of nitrogens with zero attached hydrogens (tertiary/aromatic N) is 1. The molecule has 100 valence electrons. The van der Waals surface area contributed by atoms with Crippen molar-refractivity contribution in [2.75, 3.05) is 33.9 Å². The quantitative estimate of drug-likeness (QED) is 0.472. The number of hydrogen-bond donors (Lipinski definition) is 3. The number of aliphatic hydroxyl groups excluding tert-OH is 1. The van der Waals surface area contributed by atoms with Crippen molar-refractivity contribution < 1.29 is 9.90 Å². The van der Waals surface area contributed by atoms with Crippen molar-refractivity contribution in [3.05, 3.63) is 35.4 Å². The number of carbonyl (C=O) groups is 1. The minimum absolute atomic E-state index is 0.0222.